The van der Waals surface area contributed by atoms with E-state index in [1.165, 1.54) is 70.2 Å². The first-order valence-corrected chi connectivity index (χ1v) is 18.8. The number of hydrogen-bond donors (Lipinski definition) is 2. The molecule has 0 radical (unpaired) electrons. The second-order valence-corrected chi connectivity index (χ2v) is 14.3. The molecule has 8 heteroatoms. The Morgan fingerprint density at radius 2 is 1.16 bits per heavy atom. The third kappa shape index (κ3) is 7.50. The largest absolute Gasteiger partial charge is 0.493 e. The lowest BCUT2D eigenvalue weighted by atomic mass is 9.92. The zero-order valence-corrected chi connectivity index (χ0v) is 31.8. The van der Waals surface area contributed by atoms with Crippen LogP contribution in [0.15, 0.2) is 36.4 Å². The lowest BCUT2D eigenvalue weighted by molar-refractivity contribution is -0.120. The number of aryl methyl sites for hydroxylation is 3. The van der Waals surface area contributed by atoms with Gasteiger partial charge in [0.15, 0.2) is 0 Å². The van der Waals surface area contributed by atoms with E-state index in [1.807, 2.05) is 6.92 Å². The van der Waals surface area contributed by atoms with E-state index in [0.717, 1.165) is 95.1 Å². The van der Waals surface area contributed by atoms with Crippen LogP contribution >= 0.6 is 24.0 Å². The summed E-state index contributed by atoms with van der Waals surface area (Å²) in [5.74, 6) is 5.17. The van der Waals surface area contributed by atoms with Gasteiger partial charge < -0.3 is 25.3 Å². The maximum absolute atomic E-state index is 11.3. The van der Waals surface area contributed by atoms with E-state index in [0.29, 0.717) is 30.6 Å². The molecule has 3 heterocycles. The highest BCUT2D eigenvalue weighted by Crippen LogP contribution is 2.45. The maximum atomic E-state index is 11.3. The summed E-state index contributed by atoms with van der Waals surface area (Å²) >= 11 is 0. The minimum atomic E-state index is 0. The van der Waals surface area contributed by atoms with Crippen molar-refractivity contribution in [3.05, 3.63) is 86.5 Å². The Morgan fingerprint density at radius 1 is 0.720 bits per heavy atom. The van der Waals surface area contributed by atoms with Gasteiger partial charge in [-0.15, -0.1) is 24.0 Å². The fourth-order valence-electron chi connectivity index (χ4n) is 9.25. The third-order valence-corrected chi connectivity index (χ3v) is 11.5. The molecule has 3 N–H and O–H groups in total. The van der Waals surface area contributed by atoms with Crippen LogP contribution in [0, 0.1) is 11.3 Å². The molecule has 7 nitrogen and oxygen atoms in total. The van der Waals surface area contributed by atoms with Gasteiger partial charge in [0, 0.05) is 55.3 Å². The highest BCUT2D eigenvalue weighted by atomic mass is 127. The molecule has 0 fully saturated rings. The van der Waals surface area contributed by atoms with Gasteiger partial charge in [-0.1, -0.05) is 25.1 Å². The van der Waals surface area contributed by atoms with Gasteiger partial charge in [0.1, 0.15) is 17.2 Å². The minimum absolute atomic E-state index is 0. The lowest BCUT2D eigenvalue weighted by Gasteiger charge is -2.15. The molecule has 3 atom stereocenters. The van der Waals surface area contributed by atoms with E-state index in [4.69, 9.17) is 25.2 Å². The number of ether oxygens (including phenoxy) is 3. The Hall–Kier alpha value is -3.29. The van der Waals surface area contributed by atoms with Gasteiger partial charge in [0.25, 0.3) is 0 Å². The summed E-state index contributed by atoms with van der Waals surface area (Å²) in [5.41, 5.74) is 19.0. The van der Waals surface area contributed by atoms with Crippen molar-refractivity contribution in [2.45, 2.75) is 108 Å². The first-order valence-electron chi connectivity index (χ1n) is 18.8. The number of nitrogens with one attached hydrogen (secondary N) is 1. The van der Waals surface area contributed by atoms with Crippen LogP contribution in [-0.4, -0.2) is 38.8 Å². The summed E-state index contributed by atoms with van der Waals surface area (Å²) in [4.78, 5) is 11.3. The van der Waals surface area contributed by atoms with Crippen molar-refractivity contribution >= 4 is 29.9 Å². The van der Waals surface area contributed by atoms with E-state index in [2.05, 4.69) is 47.8 Å². The van der Waals surface area contributed by atoms with Crippen LogP contribution in [0.2, 0.25) is 0 Å². The molecule has 1 amide bonds. The summed E-state index contributed by atoms with van der Waals surface area (Å²) in [6, 6.07) is 15.3. The smallest absolute Gasteiger partial charge is 0.219 e. The number of halogens is 1. The van der Waals surface area contributed by atoms with E-state index in [-0.39, 0.29) is 29.9 Å². The number of hydrogen-bond acceptors (Lipinski definition) is 6. The molecule has 266 valence electrons. The Balaban J connectivity index is 0.000000130. The molecule has 3 aliphatic carbocycles. The molecule has 50 heavy (non-hydrogen) atoms. The topological polar surface area (TPSA) is 107 Å². The zero-order chi connectivity index (χ0) is 33.7. The van der Waals surface area contributed by atoms with Gasteiger partial charge in [-0.25, -0.2) is 0 Å². The predicted octanol–water partition coefficient (Wildman–Crippen LogP) is 7.75. The van der Waals surface area contributed by atoms with E-state index in [9.17, 15) is 4.79 Å². The molecule has 3 aromatic rings. The van der Waals surface area contributed by atoms with Crippen molar-refractivity contribution in [2.75, 3.05) is 32.9 Å². The van der Waals surface area contributed by atoms with Gasteiger partial charge in [-0.05, 0) is 127 Å². The van der Waals surface area contributed by atoms with Gasteiger partial charge in [0.2, 0.25) is 5.91 Å². The number of carbonyl (C=O) groups is 1. The summed E-state index contributed by atoms with van der Waals surface area (Å²) < 4.78 is 16.8. The molecule has 0 unspecified atom stereocenters. The fourth-order valence-corrected chi connectivity index (χ4v) is 9.25. The Morgan fingerprint density at radius 3 is 1.60 bits per heavy atom. The molecule has 0 saturated carbocycles. The summed E-state index contributed by atoms with van der Waals surface area (Å²) in [6.45, 7) is 5.98. The van der Waals surface area contributed by atoms with Crippen molar-refractivity contribution in [2.24, 2.45) is 5.73 Å². The third-order valence-electron chi connectivity index (χ3n) is 11.5. The van der Waals surface area contributed by atoms with Crippen LogP contribution in [0.25, 0.3) is 0 Å². The molecule has 0 spiro atoms. The number of carbonyl (C=O) groups excluding carboxylic acids is 1. The van der Waals surface area contributed by atoms with Crippen molar-refractivity contribution in [1.29, 1.82) is 5.26 Å². The predicted molar refractivity (Wildman–Crippen MR) is 207 cm³/mol. The Labute approximate surface area is 314 Å². The highest BCUT2D eigenvalue weighted by molar-refractivity contribution is 14.0. The van der Waals surface area contributed by atoms with E-state index < -0.39 is 0 Å². The van der Waals surface area contributed by atoms with Crippen molar-refractivity contribution in [1.82, 2.24) is 5.32 Å². The van der Waals surface area contributed by atoms with Crippen LogP contribution < -0.4 is 25.3 Å². The second kappa shape index (κ2) is 16.8. The van der Waals surface area contributed by atoms with E-state index in [1.54, 1.807) is 5.56 Å². The molecule has 0 bridgehead atoms. The SMILES string of the molecule is CCC(=O)NCC[C@@H]1CCc2ccc3c(c21)CCO3.I.N#CC[C@@H]1CCc2ccc3c(c21)CCO3.NCC[C@@H]1CCc2ccc3c(c21)CCO3. The van der Waals surface area contributed by atoms with Crippen molar-refractivity contribution < 1.29 is 19.0 Å². The molecule has 0 saturated heterocycles. The number of nitriles is 1. The van der Waals surface area contributed by atoms with Gasteiger partial charge in [0.05, 0.1) is 25.9 Å². The minimum Gasteiger partial charge on any atom is -0.493 e. The van der Waals surface area contributed by atoms with Crippen molar-refractivity contribution in [3.8, 4) is 23.3 Å². The molecule has 3 aliphatic heterocycles. The van der Waals surface area contributed by atoms with Crippen LogP contribution in [0.1, 0.15) is 120 Å². The van der Waals surface area contributed by atoms with Crippen LogP contribution in [-0.2, 0) is 43.3 Å². The Kier molecular flexibility index (Phi) is 12.3. The average Bonchev–Trinajstić information content (AvgIpc) is 3.96. The summed E-state index contributed by atoms with van der Waals surface area (Å²) in [5, 5.41) is 11.8. The van der Waals surface area contributed by atoms with Gasteiger partial charge in [-0.3, -0.25) is 4.79 Å². The molecule has 9 rings (SSSR count). The number of benzene rings is 3. The van der Waals surface area contributed by atoms with Gasteiger partial charge in [-0.2, -0.15) is 5.26 Å². The van der Waals surface area contributed by atoms with Crippen molar-refractivity contribution in [3.63, 3.8) is 0 Å². The average molecular weight is 790 g/mol. The highest BCUT2D eigenvalue weighted by Gasteiger charge is 2.31. The zero-order valence-electron chi connectivity index (χ0n) is 29.5. The number of nitrogens with two attached hydrogens (primary N) is 1. The standard InChI is InChI=1S/C16H21NO2.C13H17NO.C13H13NO.HI/c1-2-15(18)17-9-7-12-4-3-11-5-6-14-13(16(11)12)8-10-19-14;2*14-7-5-10-2-1-9-3-4-12-11(13(9)10)6-8-15-12;/h5-6,12H,2-4,7-10H2,1H3,(H,17,18);3-4,10H,1-2,5-8,14H2;3-4,10H,1-2,5-6,8H2;1H/t12-;2*10-;/m000./s1. The number of nitrogens with zero attached hydrogens (tertiary/aromatic N) is 1. The fraction of sp³-hybridized carbons (Fsp3) is 0.524. The number of amides is 1. The summed E-state index contributed by atoms with van der Waals surface area (Å²) in [7, 11) is 0. The van der Waals surface area contributed by atoms with Crippen LogP contribution in [0.5, 0.6) is 17.2 Å². The summed E-state index contributed by atoms with van der Waals surface area (Å²) in [6.07, 6.45) is 13.8. The molecule has 6 aliphatic rings. The van der Waals surface area contributed by atoms with Crippen LogP contribution in [0.4, 0.5) is 0 Å². The number of rotatable bonds is 7. The van der Waals surface area contributed by atoms with Gasteiger partial charge >= 0.3 is 0 Å². The van der Waals surface area contributed by atoms with Crippen LogP contribution in [0.3, 0.4) is 0 Å². The second-order valence-electron chi connectivity index (χ2n) is 14.3. The van der Waals surface area contributed by atoms with E-state index >= 15 is 0 Å². The number of fused-ring (bicyclic) bond motifs is 9. The Bertz CT molecular complexity index is 1730. The first-order chi connectivity index (χ1) is 24.1. The molecular formula is C42H52IN3O4. The molecular weight excluding hydrogens is 737 g/mol. The first kappa shape index (κ1) is 36.5. The lowest BCUT2D eigenvalue weighted by Crippen LogP contribution is -2.24. The molecule has 0 aromatic heterocycles. The normalized spacial score (nSPS) is 20.7. The monoisotopic (exact) mass is 789 g/mol. The quantitative estimate of drug-likeness (QED) is 0.237. The maximum Gasteiger partial charge on any atom is 0.219 e. The molecule has 3 aromatic carbocycles.